The van der Waals surface area contributed by atoms with E-state index in [2.05, 4.69) is 4.90 Å². The first-order chi connectivity index (χ1) is 19.3. The molecule has 0 spiro atoms. The summed E-state index contributed by atoms with van der Waals surface area (Å²) in [5.74, 6) is -1.22. The number of methoxy groups -OCH3 is 1. The summed E-state index contributed by atoms with van der Waals surface area (Å²) in [4.78, 5) is 30.3. The number of amides is 1. The van der Waals surface area contributed by atoms with Gasteiger partial charge in [0.25, 0.3) is 11.7 Å². The molecule has 1 atom stereocenters. The number of sulfonamides is 1. The number of carbonyl (C=O) groups is 2. The Kier molecular flexibility index (Phi) is 8.52. The van der Waals surface area contributed by atoms with E-state index in [-0.39, 0.29) is 41.4 Å². The van der Waals surface area contributed by atoms with E-state index < -0.39 is 27.8 Å². The summed E-state index contributed by atoms with van der Waals surface area (Å²) in [5.41, 5.74) is 0.849. The number of hydrogen-bond acceptors (Lipinski definition) is 9. The summed E-state index contributed by atoms with van der Waals surface area (Å²) in [6, 6.07) is 11.9. The second-order valence-corrected chi connectivity index (χ2v) is 11.7. The number of aliphatic hydroxyl groups is 1. The van der Waals surface area contributed by atoms with Gasteiger partial charge in [0.2, 0.25) is 10.0 Å². The van der Waals surface area contributed by atoms with Crippen LogP contribution in [0.15, 0.2) is 59.0 Å². The van der Waals surface area contributed by atoms with E-state index in [4.69, 9.17) is 14.2 Å². The van der Waals surface area contributed by atoms with Crippen molar-refractivity contribution in [1.29, 1.82) is 0 Å². The average molecular weight is 572 g/mol. The molecule has 0 radical (unpaired) electrons. The van der Waals surface area contributed by atoms with E-state index in [0.29, 0.717) is 44.3 Å². The molecule has 0 saturated carbocycles. The van der Waals surface area contributed by atoms with Gasteiger partial charge in [0, 0.05) is 44.8 Å². The zero-order chi connectivity index (χ0) is 28.3. The van der Waals surface area contributed by atoms with Gasteiger partial charge in [-0.15, -0.1) is 0 Å². The first kappa shape index (κ1) is 28.2. The molecule has 3 fully saturated rings. The highest BCUT2D eigenvalue weighted by atomic mass is 32.2. The molecule has 11 nitrogen and oxygen atoms in total. The fourth-order valence-electron chi connectivity index (χ4n) is 5.19. The van der Waals surface area contributed by atoms with Gasteiger partial charge in [-0.2, -0.15) is 4.31 Å². The number of likely N-dealkylation sites (tertiary alicyclic amines) is 1. The quantitative estimate of drug-likeness (QED) is 0.285. The highest BCUT2D eigenvalue weighted by molar-refractivity contribution is 7.89. The Hall–Kier alpha value is -3.29. The second kappa shape index (κ2) is 12.1. The van der Waals surface area contributed by atoms with E-state index in [1.807, 2.05) is 0 Å². The third kappa shape index (κ3) is 5.63. The van der Waals surface area contributed by atoms with Crippen LogP contribution in [0.1, 0.15) is 17.2 Å². The molecular formula is C28H33N3O8S. The molecule has 3 aliphatic heterocycles. The summed E-state index contributed by atoms with van der Waals surface area (Å²) >= 11 is 0. The molecule has 12 heteroatoms. The topological polar surface area (TPSA) is 126 Å². The number of ketones is 1. The lowest BCUT2D eigenvalue weighted by Crippen LogP contribution is -2.42. The van der Waals surface area contributed by atoms with Gasteiger partial charge in [-0.05, 0) is 42.0 Å². The first-order valence-electron chi connectivity index (χ1n) is 13.2. The number of ether oxygens (including phenoxy) is 3. The second-order valence-electron chi connectivity index (χ2n) is 9.76. The minimum atomic E-state index is -3.73. The average Bonchev–Trinajstić information content (AvgIpc) is 3.25. The van der Waals surface area contributed by atoms with Gasteiger partial charge < -0.3 is 24.2 Å². The fourth-order valence-corrected chi connectivity index (χ4v) is 6.60. The van der Waals surface area contributed by atoms with Crippen LogP contribution in [0, 0.1) is 0 Å². The fraction of sp³-hybridized carbons (Fsp3) is 0.429. The number of morpholine rings is 2. The minimum Gasteiger partial charge on any atom is -0.507 e. The van der Waals surface area contributed by atoms with Crippen LogP contribution in [-0.2, 0) is 29.1 Å². The highest BCUT2D eigenvalue weighted by Gasteiger charge is 2.46. The van der Waals surface area contributed by atoms with E-state index in [9.17, 15) is 23.1 Å². The lowest BCUT2D eigenvalue weighted by Gasteiger charge is -2.31. The molecule has 3 saturated heterocycles. The number of Topliss-reactive ketones (excluding diaryl/α,β-unsaturated/α-hetero) is 1. The molecule has 5 rings (SSSR count). The maximum absolute atomic E-state index is 13.3. The maximum atomic E-state index is 13.3. The van der Waals surface area contributed by atoms with E-state index >= 15 is 0 Å². The van der Waals surface area contributed by atoms with Crippen molar-refractivity contribution in [3.63, 3.8) is 0 Å². The summed E-state index contributed by atoms with van der Waals surface area (Å²) in [6.07, 6.45) is 0. The van der Waals surface area contributed by atoms with Gasteiger partial charge in [-0.3, -0.25) is 14.5 Å². The van der Waals surface area contributed by atoms with Gasteiger partial charge in [0.15, 0.2) is 0 Å². The van der Waals surface area contributed by atoms with Gasteiger partial charge >= 0.3 is 0 Å². The van der Waals surface area contributed by atoms with Crippen LogP contribution >= 0.6 is 0 Å². The molecule has 0 aliphatic carbocycles. The summed E-state index contributed by atoms with van der Waals surface area (Å²) < 4.78 is 43.3. The summed E-state index contributed by atoms with van der Waals surface area (Å²) in [6.45, 7) is 4.71. The third-order valence-electron chi connectivity index (χ3n) is 7.47. The van der Waals surface area contributed by atoms with Crippen LogP contribution in [-0.4, -0.2) is 112 Å². The molecule has 2 aromatic rings. The Morgan fingerprint density at radius 3 is 2.10 bits per heavy atom. The molecule has 1 amide bonds. The number of benzene rings is 2. The predicted molar refractivity (Wildman–Crippen MR) is 145 cm³/mol. The van der Waals surface area contributed by atoms with Crippen molar-refractivity contribution < 1.29 is 37.3 Å². The highest BCUT2D eigenvalue weighted by Crippen LogP contribution is 2.40. The van der Waals surface area contributed by atoms with Crippen LogP contribution in [0.2, 0.25) is 0 Å². The Bertz CT molecular complexity index is 1360. The number of nitrogens with zero attached hydrogens (tertiary/aromatic N) is 3. The molecule has 3 heterocycles. The Morgan fingerprint density at radius 1 is 0.900 bits per heavy atom. The molecule has 0 bridgehead atoms. The van der Waals surface area contributed by atoms with Crippen molar-refractivity contribution in [2.24, 2.45) is 0 Å². The third-order valence-corrected chi connectivity index (χ3v) is 9.38. The van der Waals surface area contributed by atoms with Crippen molar-refractivity contribution in [2.75, 3.05) is 72.8 Å². The van der Waals surface area contributed by atoms with Gasteiger partial charge in [-0.1, -0.05) is 12.1 Å². The molecular weight excluding hydrogens is 538 g/mol. The first-order valence-corrected chi connectivity index (χ1v) is 14.7. The van der Waals surface area contributed by atoms with Gasteiger partial charge in [-0.25, -0.2) is 8.42 Å². The van der Waals surface area contributed by atoms with Gasteiger partial charge in [0.05, 0.1) is 50.0 Å². The standard InChI is InChI=1S/C28H33N3O8S/c1-37-22-6-2-20(3-7-22)25-24(27(33)28(34)31(25)11-10-29-12-16-38-17-13-29)26(32)21-4-8-23(9-5-21)40(35,36)30-14-18-39-19-15-30/h2-9,25,32H,10-19H2,1H3/b26-24+. The molecule has 1 unspecified atom stereocenters. The Morgan fingerprint density at radius 2 is 1.50 bits per heavy atom. The van der Waals surface area contributed by atoms with E-state index in [1.54, 1.807) is 31.4 Å². The smallest absolute Gasteiger partial charge is 0.295 e. The number of aliphatic hydroxyl groups excluding tert-OH is 1. The Balaban J connectivity index is 1.48. The van der Waals surface area contributed by atoms with Crippen molar-refractivity contribution >= 4 is 27.5 Å². The van der Waals surface area contributed by atoms with Crippen molar-refractivity contribution in [3.05, 3.63) is 65.2 Å². The molecule has 0 aromatic heterocycles. The number of hydrogen-bond donors (Lipinski definition) is 1. The lowest BCUT2D eigenvalue weighted by atomic mass is 9.95. The molecule has 3 aliphatic rings. The summed E-state index contributed by atoms with van der Waals surface area (Å²) in [7, 11) is -2.18. The lowest BCUT2D eigenvalue weighted by molar-refractivity contribution is -0.140. The zero-order valence-electron chi connectivity index (χ0n) is 22.3. The van der Waals surface area contributed by atoms with Gasteiger partial charge in [0.1, 0.15) is 11.5 Å². The normalized spacial score (nSPS) is 22.5. The zero-order valence-corrected chi connectivity index (χ0v) is 23.1. The summed E-state index contributed by atoms with van der Waals surface area (Å²) in [5, 5.41) is 11.4. The monoisotopic (exact) mass is 571 g/mol. The Labute approximate surface area is 233 Å². The van der Waals surface area contributed by atoms with Crippen molar-refractivity contribution in [3.8, 4) is 5.75 Å². The molecule has 2 aromatic carbocycles. The SMILES string of the molecule is COc1ccc(C2/C(=C(\O)c3ccc(S(=O)(=O)N4CCOCC4)cc3)C(=O)C(=O)N2CCN2CCOCC2)cc1. The van der Waals surface area contributed by atoms with Crippen LogP contribution in [0.3, 0.4) is 0 Å². The van der Waals surface area contributed by atoms with E-state index in [1.165, 1.54) is 33.5 Å². The van der Waals surface area contributed by atoms with Crippen LogP contribution in [0.4, 0.5) is 0 Å². The van der Waals surface area contributed by atoms with Crippen LogP contribution < -0.4 is 4.74 Å². The van der Waals surface area contributed by atoms with E-state index in [0.717, 1.165) is 13.1 Å². The minimum absolute atomic E-state index is 0.0408. The molecule has 40 heavy (non-hydrogen) atoms. The molecule has 214 valence electrons. The predicted octanol–water partition coefficient (Wildman–Crippen LogP) is 1.47. The van der Waals surface area contributed by atoms with Crippen LogP contribution in [0.25, 0.3) is 5.76 Å². The molecule has 1 N–H and O–H groups in total. The van der Waals surface area contributed by atoms with Crippen molar-refractivity contribution in [2.45, 2.75) is 10.9 Å². The number of carbonyl (C=O) groups excluding carboxylic acids is 2. The van der Waals surface area contributed by atoms with Crippen LogP contribution in [0.5, 0.6) is 5.75 Å². The number of rotatable bonds is 8. The maximum Gasteiger partial charge on any atom is 0.295 e. The van der Waals surface area contributed by atoms with Crippen molar-refractivity contribution in [1.82, 2.24) is 14.1 Å². The largest absolute Gasteiger partial charge is 0.507 e.